The van der Waals surface area contributed by atoms with Crippen molar-refractivity contribution in [3.8, 4) is 0 Å². The maximum absolute atomic E-state index is 12.0. The Labute approximate surface area is 174 Å². The van der Waals surface area contributed by atoms with Gasteiger partial charge in [-0.1, -0.05) is 37.1 Å². The van der Waals surface area contributed by atoms with Crippen LogP contribution in [0.3, 0.4) is 0 Å². The molecule has 0 saturated heterocycles. The van der Waals surface area contributed by atoms with Gasteiger partial charge in [-0.05, 0) is 36.3 Å². The Morgan fingerprint density at radius 1 is 1.15 bits per heavy atom. The molecule has 5 nitrogen and oxygen atoms in total. The zero-order valence-electron chi connectivity index (χ0n) is 15.7. The third kappa shape index (κ3) is 5.86. The maximum atomic E-state index is 12.0. The van der Waals surface area contributed by atoms with Crippen LogP contribution in [-0.4, -0.2) is 43.4 Å². The molecule has 2 N–H and O–H groups in total. The Balaban J connectivity index is 0.00000243. The normalized spacial score (nSPS) is 17.4. The molecule has 1 heterocycles. The Hall–Kier alpha value is -1.31. The number of halogens is 1. The zero-order chi connectivity index (χ0) is 17.5. The molecule has 0 spiro atoms. The molecule has 6 heteroatoms. The van der Waals surface area contributed by atoms with Crippen molar-refractivity contribution < 1.29 is 4.79 Å². The number of amides is 1. The minimum atomic E-state index is 0. The molecule has 0 bridgehead atoms. The summed E-state index contributed by atoms with van der Waals surface area (Å²) in [5.41, 5.74) is 2.81. The first kappa shape index (κ1) is 21.0. The lowest BCUT2D eigenvalue weighted by Gasteiger charge is -2.31. The van der Waals surface area contributed by atoms with E-state index in [0.29, 0.717) is 25.4 Å². The zero-order valence-corrected chi connectivity index (χ0v) is 18.0. The molecule has 3 rings (SSSR count). The highest BCUT2D eigenvalue weighted by molar-refractivity contribution is 14.0. The van der Waals surface area contributed by atoms with Gasteiger partial charge in [0.15, 0.2) is 5.96 Å². The van der Waals surface area contributed by atoms with E-state index in [-0.39, 0.29) is 29.9 Å². The van der Waals surface area contributed by atoms with E-state index in [1.807, 2.05) is 7.05 Å². The van der Waals surface area contributed by atoms with Crippen molar-refractivity contribution in [3.05, 3.63) is 35.4 Å². The van der Waals surface area contributed by atoms with Crippen LogP contribution in [0.1, 0.15) is 43.2 Å². The Kier molecular flexibility index (Phi) is 8.68. The number of guanidine groups is 1. The van der Waals surface area contributed by atoms with E-state index in [2.05, 4.69) is 44.8 Å². The van der Waals surface area contributed by atoms with Crippen molar-refractivity contribution in [2.75, 3.05) is 26.7 Å². The lowest BCUT2D eigenvalue weighted by molar-refractivity contribution is -0.121. The molecule has 0 radical (unpaired) electrons. The molecule has 0 atom stereocenters. The minimum absolute atomic E-state index is 0. The predicted molar refractivity (Wildman–Crippen MR) is 117 cm³/mol. The molecule has 1 aliphatic carbocycles. The second kappa shape index (κ2) is 10.7. The van der Waals surface area contributed by atoms with Crippen LogP contribution in [-0.2, 0) is 17.8 Å². The van der Waals surface area contributed by atoms with E-state index in [0.717, 1.165) is 25.5 Å². The average Bonchev–Trinajstić information content (AvgIpc) is 3.14. The fourth-order valence-corrected chi connectivity index (χ4v) is 3.93. The molecule has 1 fully saturated rings. The van der Waals surface area contributed by atoms with Gasteiger partial charge in [0.1, 0.15) is 0 Å². The summed E-state index contributed by atoms with van der Waals surface area (Å²) < 4.78 is 0. The maximum Gasteiger partial charge on any atom is 0.220 e. The third-order valence-corrected chi connectivity index (χ3v) is 5.32. The summed E-state index contributed by atoms with van der Waals surface area (Å²) >= 11 is 0. The molecule has 0 aromatic heterocycles. The number of rotatable bonds is 5. The quantitative estimate of drug-likeness (QED) is 0.301. The lowest BCUT2D eigenvalue weighted by atomic mass is 10.0. The largest absolute Gasteiger partial charge is 0.354 e. The first-order valence-electron chi connectivity index (χ1n) is 9.55. The molecule has 1 saturated carbocycles. The molecule has 2 aliphatic rings. The molecule has 144 valence electrons. The number of carbonyl (C=O) groups excluding carboxylic acids is 1. The first-order chi connectivity index (χ1) is 12.3. The molecule has 1 aromatic rings. The van der Waals surface area contributed by atoms with Crippen LogP contribution >= 0.6 is 24.0 Å². The molecule has 26 heavy (non-hydrogen) atoms. The highest BCUT2D eigenvalue weighted by atomic mass is 127. The molecule has 0 unspecified atom stereocenters. The van der Waals surface area contributed by atoms with Gasteiger partial charge in [-0.3, -0.25) is 9.79 Å². The highest BCUT2D eigenvalue weighted by Gasteiger charge is 2.19. The van der Waals surface area contributed by atoms with Crippen molar-refractivity contribution in [1.82, 2.24) is 15.5 Å². The Bertz CT molecular complexity index is 614. The summed E-state index contributed by atoms with van der Waals surface area (Å²) in [4.78, 5) is 18.7. The number of aliphatic imine (C=N–C) groups is 1. The van der Waals surface area contributed by atoms with Gasteiger partial charge in [-0.2, -0.15) is 0 Å². The standard InChI is InChI=1S/C20H30N4O.HI/c1-21-20(24-13-10-17-8-4-5-9-18(17)15-24)23-12-11-22-19(25)14-16-6-2-3-7-16;/h4-5,8-9,16H,2-3,6-7,10-15H2,1H3,(H,21,23)(H,22,25);1H. The summed E-state index contributed by atoms with van der Waals surface area (Å²) in [5, 5.41) is 6.41. The SMILES string of the molecule is CN=C(NCCNC(=O)CC1CCCC1)N1CCc2ccccc2C1.I. The predicted octanol–water partition coefficient (Wildman–Crippen LogP) is 2.93. The van der Waals surface area contributed by atoms with Crippen molar-refractivity contribution in [2.45, 2.75) is 45.1 Å². The second-order valence-corrected chi connectivity index (χ2v) is 7.12. The van der Waals surface area contributed by atoms with Gasteiger partial charge < -0.3 is 15.5 Å². The van der Waals surface area contributed by atoms with E-state index in [4.69, 9.17) is 0 Å². The van der Waals surface area contributed by atoms with E-state index in [1.54, 1.807) is 0 Å². The second-order valence-electron chi connectivity index (χ2n) is 7.12. The number of carbonyl (C=O) groups is 1. The number of nitrogens with zero attached hydrogens (tertiary/aromatic N) is 2. The van der Waals surface area contributed by atoms with E-state index >= 15 is 0 Å². The topological polar surface area (TPSA) is 56.7 Å². The molecule has 1 amide bonds. The van der Waals surface area contributed by atoms with Gasteiger partial charge in [0, 0.05) is 39.6 Å². The van der Waals surface area contributed by atoms with Crippen LogP contribution in [0.15, 0.2) is 29.3 Å². The van der Waals surface area contributed by atoms with Crippen LogP contribution in [0.25, 0.3) is 0 Å². The Morgan fingerprint density at radius 3 is 2.58 bits per heavy atom. The molecular weight excluding hydrogens is 439 g/mol. The van der Waals surface area contributed by atoms with E-state index in [1.165, 1.54) is 36.8 Å². The smallest absolute Gasteiger partial charge is 0.220 e. The van der Waals surface area contributed by atoms with Gasteiger partial charge in [-0.25, -0.2) is 0 Å². The van der Waals surface area contributed by atoms with Crippen LogP contribution in [0.5, 0.6) is 0 Å². The first-order valence-corrected chi connectivity index (χ1v) is 9.55. The summed E-state index contributed by atoms with van der Waals surface area (Å²) in [6, 6.07) is 8.61. The van der Waals surface area contributed by atoms with E-state index < -0.39 is 0 Å². The fraction of sp³-hybridized carbons (Fsp3) is 0.600. The van der Waals surface area contributed by atoms with Crippen LogP contribution < -0.4 is 10.6 Å². The summed E-state index contributed by atoms with van der Waals surface area (Å²) in [6.45, 7) is 3.23. The number of benzene rings is 1. The van der Waals surface area contributed by atoms with Crippen LogP contribution in [0.4, 0.5) is 0 Å². The van der Waals surface area contributed by atoms with Crippen molar-refractivity contribution in [1.29, 1.82) is 0 Å². The van der Waals surface area contributed by atoms with Crippen molar-refractivity contribution in [2.24, 2.45) is 10.9 Å². The van der Waals surface area contributed by atoms with Crippen LogP contribution in [0, 0.1) is 5.92 Å². The fourth-order valence-electron chi connectivity index (χ4n) is 3.93. The highest BCUT2D eigenvalue weighted by Crippen LogP contribution is 2.27. The number of hydrogen-bond acceptors (Lipinski definition) is 2. The van der Waals surface area contributed by atoms with Gasteiger partial charge in [0.2, 0.25) is 5.91 Å². The summed E-state index contributed by atoms with van der Waals surface area (Å²) in [6.07, 6.45) is 6.75. The minimum Gasteiger partial charge on any atom is -0.354 e. The number of nitrogens with one attached hydrogen (secondary N) is 2. The average molecular weight is 470 g/mol. The van der Waals surface area contributed by atoms with Gasteiger partial charge in [0.25, 0.3) is 0 Å². The Morgan fingerprint density at radius 2 is 1.85 bits per heavy atom. The third-order valence-electron chi connectivity index (χ3n) is 5.32. The van der Waals surface area contributed by atoms with Gasteiger partial charge in [-0.15, -0.1) is 24.0 Å². The lowest BCUT2D eigenvalue weighted by Crippen LogP contribution is -2.46. The molecule has 1 aliphatic heterocycles. The molecular formula is C20H31IN4O. The van der Waals surface area contributed by atoms with Crippen molar-refractivity contribution in [3.63, 3.8) is 0 Å². The molecule has 1 aromatic carbocycles. The summed E-state index contributed by atoms with van der Waals surface area (Å²) in [7, 11) is 1.82. The summed E-state index contributed by atoms with van der Waals surface area (Å²) in [5.74, 6) is 1.71. The number of fused-ring (bicyclic) bond motifs is 1. The monoisotopic (exact) mass is 470 g/mol. The van der Waals surface area contributed by atoms with E-state index in [9.17, 15) is 4.79 Å². The van der Waals surface area contributed by atoms with Crippen LogP contribution in [0.2, 0.25) is 0 Å². The van der Waals surface area contributed by atoms with Gasteiger partial charge in [0.05, 0.1) is 0 Å². The van der Waals surface area contributed by atoms with Gasteiger partial charge >= 0.3 is 0 Å². The number of hydrogen-bond donors (Lipinski definition) is 2. The van der Waals surface area contributed by atoms with Crippen molar-refractivity contribution >= 4 is 35.8 Å².